The molecule has 1 aliphatic rings. The van der Waals surface area contributed by atoms with Crippen LogP contribution in [-0.4, -0.2) is 21.5 Å². The van der Waals surface area contributed by atoms with Gasteiger partial charge in [0.15, 0.2) is 0 Å². The quantitative estimate of drug-likeness (QED) is 0.154. The first-order chi connectivity index (χ1) is 16.7. The molecule has 6 aromatic rings. The number of pyridine rings is 1. The van der Waals surface area contributed by atoms with Crippen LogP contribution in [0.1, 0.15) is 0 Å². The van der Waals surface area contributed by atoms with Crippen molar-refractivity contribution < 1.29 is 20.1 Å². The molecule has 0 aliphatic carbocycles. The first-order valence-electron chi connectivity index (χ1n) is 11.2. The predicted octanol–water partition coefficient (Wildman–Crippen LogP) is 6.46. The maximum Gasteiger partial charge on any atom is 0.0699 e. The van der Waals surface area contributed by atoms with Gasteiger partial charge in [-0.15, -0.1) is 35.6 Å². The Hall–Kier alpha value is -3.66. The van der Waals surface area contributed by atoms with Crippen molar-refractivity contribution >= 4 is 48.9 Å². The molecule has 1 aliphatic heterocycles. The molecule has 7 rings (SSSR count). The van der Waals surface area contributed by atoms with Crippen LogP contribution in [0.2, 0.25) is 0 Å². The number of nitrogens with zero attached hydrogens (tertiary/aromatic N) is 4. The molecule has 0 atom stereocenters. The van der Waals surface area contributed by atoms with Crippen LogP contribution in [-0.2, 0) is 27.2 Å². The third-order valence-corrected chi connectivity index (χ3v) is 6.06. The van der Waals surface area contributed by atoms with Gasteiger partial charge in [-0.2, -0.15) is 54.5 Å². The van der Waals surface area contributed by atoms with Crippen LogP contribution < -0.4 is 4.90 Å². The molecule has 0 bridgehead atoms. The van der Waals surface area contributed by atoms with Crippen LogP contribution in [0.25, 0.3) is 43.2 Å². The number of benzene rings is 4. The van der Waals surface area contributed by atoms with Gasteiger partial charge in [0.1, 0.15) is 0 Å². The first-order valence-corrected chi connectivity index (χ1v) is 11.2. The predicted molar refractivity (Wildman–Crippen MR) is 140 cm³/mol. The zero-order chi connectivity index (χ0) is 23.1. The average molecular weight is 631 g/mol. The number of fused-ring (bicyclic) bond motifs is 8. The third kappa shape index (κ3) is 4.18. The van der Waals surface area contributed by atoms with Crippen molar-refractivity contribution in [1.29, 1.82) is 0 Å². The van der Waals surface area contributed by atoms with E-state index in [9.17, 15) is 0 Å². The van der Waals surface area contributed by atoms with E-state index in [4.69, 9.17) is 0 Å². The first kappa shape index (κ1) is 23.1. The fourth-order valence-corrected chi connectivity index (χ4v) is 4.55. The summed E-state index contributed by atoms with van der Waals surface area (Å²) in [4.78, 5) is 8.67. The van der Waals surface area contributed by atoms with Crippen LogP contribution in [0.15, 0.2) is 91.5 Å². The summed E-state index contributed by atoms with van der Waals surface area (Å²) in [6, 6.07) is 28.9. The Labute approximate surface area is 218 Å². The Kier molecular flexibility index (Phi) is 6.29. The van der Waals surface area contributed by atoms with Crippen LogP contribution in [0.5, 0.6) is 0 Å². The van der Waals surface area contributed by atoms with E-state index >= 15 is 0 Å². The summed E-state index contributed by atoms with van der Waals surface area (Å²) < 4.78 is 2.00. The molecule has 0 fully saturated rings. The van der Waals surface area contributed by atoms with E-state index < -0.39 is 0 Å². The molecule has 35 heavy (non-hydrogen) atoms. The van der Waals surface area contributed by atoms with Crippen molar-refractivity contribution in [2.24, 2.45) is 7.05 Å². The molecule has 4 nitrogen and oxygen atoms in total. The Balaban J connectivity index is 0.000000167. The summed E-state index contributed by atoms with van der Waals surface area (Å²) in [6.45, 7) is 2.01. The zero-order valence-electron chi connectivity index (χ0n) is 19.4. The molecule has 1 radical (unpaired) electrons. The summed E-state index contributed by atoms with van der Waals surface area (Å²) in [5, 5.41) is 8.26. The summed E-state index contributed by atoms with van der Waals surface area (Å²) in [7, 11) is 4.02. The van der Waals surface area contributed by atoms with E-state index in [1.807, 2.05) is 96.2 Å². The van der Waals surface area contributed by atoms with Gasteiger partial charge in [0.2, 0.25) is 0 Å². The molecule has 0 N–H and O–H groups in total. The minimum Gasteiger partial charge on any atom is -0.510 e. The van der Waals surface area contributed by atoms with E-state index in [1.54, 1.807) is 0 Å². The van der Waals surface area contributed by atoms with Gasteiger partial charge in [-0.25, -0.2) is 10.8 Å². The number of rotatable bonds is 1. The van der Waals surface area contributed by atoms with Gasteiger partial charge in [0.25, 0.3) is 0 Å². The zero-order valence-corrected chi connectivity index (χ0v) is 21.8. The number of aryl methyl sites for hydroxylation is 1. The maximum atomic E-state index is 4.64. The normalized spacial score (nSPS) is 12.9. The second kappa shape index (κ2) is 9.53. The van der Waals surface area contributed by atoms with E-state index in [-0.39, 0.29) is 20.1 Å². The average Bonchev–Trinajstić information content (AvgIpc) is 3.50. The minimum atomic E-state index is 0. The SMILES string of the molecule is CN1C=CN(c2[c-]cccc2)[CH-]1.Cn1[c-]c2c3[c-]cccc3c3cnc4ccccc4c3c2c1.[Ir]. The third-order valence-electron chi connectivity index (χ3n) is 6.06. The van der Waals surface area contributed by atoms with Crippen molar-refractivity contribution in [2.45, 2.75) is 0 Å². The van der Waals surface area contributed by atoms with Crippen LogP contribution in [0, 0.1) is 25.0 Å². The topological polar surface area (TPSA) is 24.3 Å². The molecule has 0 saturated carbocycles. The van der Waals surface area contributed by atoms with Gasteiger partial charge in [0.05, 0.1) is 5.52 Å². The van der Waals surface area contributed by atoms with Gasteiger partial charge >= 0.3 is 0 Å². The second-order valence-electron chi connectivity index (χ2n) is 8.40. The fourth-order valence-electron chi connectivity index (χ4n) is 4.55. The van der Waals surface area contributed by atoms with E-state index in [0.717, 1.165) is 22.0 Å². The standard InChI is InChI=1S/C20H12N2.C10H10N2.Ir/c1-22-11-17-14-7-3-2-6-13(14)16-10-21-19-9-5-4-8-15(19)20(16)18(17)12-22;1-11-7-8-12(9-11)10-5-3-2-4-6-10;/h2-6,8-10,12H,1H3;2-5,7-9H,1H3;/q2*-2;. The molecule has 0 unspecified atom stereocenters. The summed E-state index contributed by atoms with van der Waals surface area (Å²) in [5.74, 6) is 0. The van der Waals surface area contributed by atoms with Crippen LogP contribution in [0.4, 0.5) is 5.69 Å². The monoisotopic (exact) mass is 631 g/mol. The molecule has 0 saturated heterocycles. The number of hydrogen-bond acceptors (Lipinski definition) is 3. The molecule has 0 spiro atoms. The van der Waals surface area contributed by atoms with E-state index in [2.05, 4.69) is 53.8 Å². The fraction of sp³-hybridized carbons (Fsp3) is 0.0667. The van der Waals surface area contributed by atoms with Crippen molar-refractivity contribution in [2.75, 3.05) is 11.9 Å². The molecule has 0 amide bonds. The number of para-hydroxylation sites is 2. The summed E-state index contributed by atoms with van der Waals surface area (Å²) in [5.41, 5.74) is 2.09. The summed E-state index contributed by atoms with van der Waals surface area (Å²) >= 11 is 0. The number of aromatic nitrogens is 2. The van der Waals surface area contributed by atoms with Crippen LogP contribution >= 0.6 is 0 Å². The molecular formula is C30H22IrN4-4. The Morgan fingerprint density at radius 3 is 2.37 bits per heavy atom. The van der Waals surface area contributed by atoms with Gasteiger partial charge in [-0.3, -0.25) is 4.98 Å². The summed E-state index contributed by atoms with van der Waals surface area (Å²) in [6.07, 6.45) is 11.6. The number of hydrogen-bond donors (Lipinski definition) is 0. The van der Waals surface area contributed by atoms with E-state index in [1.165, 1.54) is 26.9 Å². The Morgan fingerprint density at radius 2 is 1.57 bits per heavy atom. The van der Waals surface area contributed by atoms with Gasteiger partial charge in [0, 0.05) is 26.3 Å². The largest absolute Gasteiger partial charge is 0.510 e. The van der Waals surface area contributed by atoms with Gasteiger partial charge < -0.3 is 14.4 Å². The molecule has 5 heteroatoms. The minimum absolute atomic E-state index is 0. The Morgan fingerprint density at radius 1 is 0.771 bits per heavy atom. The van der Waals surface area contributed by atoms with Gasteiger partial charge in [-0.1, -0.05) is 29.0 Å². The van der Waals surface area contributed by atoms with Crippen molar-refractivity contribution in [1.82, 2.24) is 14.5 Å². The number of anilines is 1. The molecule has 3 heterocycles. The van der Waals surface area contributed by atoms with Crippen molar-refractivity contribution in [3.05, 3.63) is 117 Å². The van der Waals surface area contributed by atoms with Gasteiger partial charge in [-0.05, 0) is 37.9 Å². The molecular weight excluding hydrogens is 609 g/mol. The smallest absolute Gasteiger partial charge is 0.0699 e. The second-order valence-corrected chi connectivity index (χ2v) is 8.40. The maximum absolute atomic E-state index is 4.64. The van der Waals surface area contributed by atoms with Crippen LogP contribution in [0.3, 0.4) is 0 Å². The van der Waals surface area contributed by atoms with Crippen molar-refractivity contribution in [3.63, 3.8) is 0 Å². The molecule has 4 aromatic carbocycles. The molecule has 2 aromatic heterocycles. The van der Waals surface area contributed by atoms with E-state index in [0.29, 0.717) is 0 Å². The Bertz CT molecular complexity index is 1660. The van der Waals surface area contributed by atoms with Crippen molar-refractivity contribution in [3.8, 4) is 0 Å². The molecule has 175 valence electrons.